The second kappa shape index (κ2) is 6.33. The molecule has 1 heterocycles. The number of carboxylic acids is 1. The number of anilines is 1. The largest absolute Gasteiger partial charge is 0.476 e. The number of nitrogens with zero attached hydrogens (tertiary/aromatic N) is 1. The topological polar surface area (TPSA) is 109 Å². The van der Waals surface area contributed by atoms with E-state index in [0.29, 0.717) is 18.5 Å². The van der Waals surface area contributed by atoms with Crippen molar-refractivity contribution in [3.8, 4) is 0 Å². The van der Waals surface area contributed by atoms with Crippen molar-refractivity contribution >= 4 is 17.4 Å². The highest BCUT2D eigenvalue weighted by atomic mass is 19.1. The molecule has 3 rings (SSSR count). The Kier molecular flexibility index (Phi) is 4.50. The van der Waals surface area contributed by atoms with Gasteiger partial charge < -0.3 is 10.8 Å². The molecule has 8 heteroatoms. The fraction of sp³-hybridized carbons (Fsp3) is 0.214. The van der Waals surface area contributed by atoms with Crippen molar-refractivity contribution in [2.75, 3.05) is 5.73 Å². The van der Waals surface area contributed by atoms with Gasteiger partial charge in [-0.15, -0.1) is 0 Å². The van der Waals surface area contributed by atoms with E-state index in [0.717, 1.165) is 24.6 Å². The van der Waals surface area contributed by atoms with Gasteiger partial charge in [0, 0.05) is 12.1 Å². The van der Waals surface area contributed by atoms with Crippen LogP contribution in [-0.4, -0.2) is 27.1 Å². The molecule has 0 atom stereocenters. The Morgan fingerprint density at radius 1 is 1.32 bits per heavy atom. The standard InChI is InChI=1S/C8H8N2O3.C6H5F2N/c11-5-3-1-2-4-6(5)7(8(12)13)10-9-4;7-4-1-2-5(8)6(9)3-4/h1-3H2,(H,9,10)(H,12,13);1-3H,9H2. The molecule has 22 heavy (non-hydrogen) atoms. The molecular formula is C14H13F2N3O3. The minimum absolute atomic E-state index is 0.118. The number of fused-ring (bicyclic) bond motifs is 1. The molecule has 0 saturated carbocycles. The fourth-order valence-electron chi connectivity index (χ4n) is 2.08. The van der Waals surface area contributed by atoms with E-state index in [1.807, 2.05) is 0 Å². The summed E-state index contributed by atoms with van der Waals surface area (Å²) < 4.78 is 24.3. The number of benzene rings is 1. The minimum Gasteiger partial charge on any atom is -0.476 e. The lowest BCUT2D eigenvalue weighted by Crippen LogP contribution is -2.13. The predicted molar refractivity (Wildman–Crippen MR) is 73.6 cm³/mol. The van der Waals surface area contributed by atoms with Gasteiger partial charge in [-0.05, 0) is 31.0 Å². The van der Waals surface area contributed by atoms with E-state index in [1.165, 1.54) is 0 Å². The number of Topliss-reactive ketones (excluding diaryl/α,β-unsaturated/α-hetero) is 1. The maximum atomic E-state index is 12.2. The van der Waals surface area contributed by atoms with Gasteiger partial charge in [-0.25, -0.2) is 13.6 Å². The lowest BCUT2D eigenvalue weighted by atomic mass is 9.95. The number of hydrogen-bond donors (Lipinski definition) is 3. The van der Waals surface area contributed by atoms with Crippen LogP contribution >= 0.6 is 0 Å². The number of nitrogens with two attached hydrogens (primary N) is 1. The van der Waals surface area contributed by atoms with Crippen LogP contribution in [0, 0.1) is 11.6 Å². The molecule has 6 nitrogen and oxygen atoms in total. The zero-order chi connectivity index (χ0) is 16.3. The molecule has 1 aromatic heterocycles. The van der Waals surface area contributed by atoms with Crippen molar-refractivity contribution in [3.63, 3.8) is 0 Å². The zero-order valence-electron chi connectivity index (χ0n) is 11.4. The van der Waals surface area contributed by atoms with Gasteiger partial charge >= 0.3 is 5.97 Å². The molecule has 0 amide bonds. The minimum atomic E-state index is -1.15. The van der Waals surface area contributed by atoms with Gasteiger partial charge in [0.05, 0.1) is 11.3 Å². The first-order valence-electron chi connectivity index (χ1n) is 6.44. The average molecular weight is 309 g/mol. The molecule has 0 fully saturated rings. The number of ketones is 1. The number of aromatic carboxylic acids is 1. The molecule has 0 bridgehead atoms. The number of aromatic nitrogens is 2. The first-order valence-corrected chi connectivity index (χ1v) is 6.44. The van der Waals surface area contributed by atoms with Gasteiger partial charge in [0.2, 0.25) is 0 Å². The van der Waals surface area contributed by atoms with E-state index < -0.39 is 17.6 Å². The van der Waals surface area contributed by atoms with Crippen LogP contribution in [0.5, 0.6) is 0 Å². The Morgan fingerprint density at radius 3 is 2.64 bits per heavy atom. The Bertz CT molecular complexity index is 728. The van der Waals surface area contributed by atoms with Gasteiger partial charge in [0.1, 0.15) is 11.6 Å². The van der Waals surface area contributed by atoms with E-state index in [-0.39, 0.29) is 22.7 Å². The quantitative estimate of drug-likeness (QED) is 0.699. The average Bonchev–Trinajstić information content (AvgIpc) is 2.90. The number of nitrogens with one attached hydrogen (secondary N) is 1. The van der Waals surface area contributed by atoms with Crippen molar-refractivity contribution in [2.24, 2.45) is 0 Å². The number of carbonyl (C=O) groups excluding carboxylic acids is 1. The van der Waals surface area contributed by atoms with Gasteiger partial charge in [-0.2, -0.15) is 5.10 Å². The second-order valence-corrected chi connectivity index (χ2v) is 4.67. The third-order valence-corrected chi connectivity index (χ3v) is 3.11. The van der Waals surface area contributed by atoms with E-state index >= 15 is 0 Å². The monoisotopic (exact) mass is 309 g/mol. The summed E-state index contributed by atoms with van der Waals surface area (Å²) in [6, 6.07) is 2.95. The molecular weight excluding hydrogens is 296 g/mol. The molecule has 2 aromatic rings. The van der Waals surface area contributed by atoms with Gasteiger partial charge in [-0.3, -0.25) is 9.89 Å². The van der Waals surface area contributed by atoms with E-state index in [1.54, 1.807) is 0 Å². The van der Waals surface area contributed by atoms with Crippen molar-refractivity contribution in [3.05, 3.63) is 46.8 Å². The number of aryl methyl sites for hydroxylation is 1. The Hall–Kier alpha value is -2.77. The molecule has 0 aliphatic heterocycles. The van der Waals surface area contributed by atoms with Crippen LogP contribution in [0.1, 0.15) is 39.4 Å². The molecule has 0 saturated heterocycles. The lowest BCUT2D eigenvalue weighted by Gasteiger charge is -2.08. The highest BCUT2D eigenvalue weighted by Gasteiger charge is 2.26. The van der Waals surface area contributed by atoms with Gasteiger partial charge in [0.25, 0.3) is 0 Å². The molecule has 4 N–H and O–H groups in total. The summed E-state index contributed by atoms with van der Waals surface area (Å²) in [4.78, 5) is 22.0. The summed E-state index contributed by atoms with van der Waals surface area (Å²) in [7, 11) is 0. The molecule has 1 aliphatic carbocycles. The summed E-state index contributed by atoms with van der Waals surface area (Å²) in [5.41, 5.74) is 5.65. The molecule has 1 aliphatic rings. The fourth-order valence-corrected chi connectivity index (χ4v) is 2.08. The van der Waals surface area contributed by atoms with Crippen molar-refractivity contribution in [1.82, 2.24) is 10.2 Å². The van der Waals surface area contributed by atoms with Crippen LogP contribution in [0.15, 0.2) is 18.2 Å². The first kappa shape index (κ1) is 15.6. The van der Waals surface area contributed by atoms with E-state index in [2.05, 4.69) is 10.2 Å². The van der Waals surface area contributed by atoms with Crippen LogP contribution in [0.4, 0.5) is 14.5 Å². The molecule has 0 spiro atoms. The highest BCUT2D eigenvalue weighted by molar-refractivity contribution is 6.06. The number of rotatable bonds is 1. The Balaban J connectivity index is 0.000000172. The highest BCUT2D eigenvalue weighted by Crippen LogP contribution is 2.21. The summed E-state index contributed by atoms with van der Waals surface area (Å²) in [6.45, 7) is 0. The summed E-state index contributed by atoms with van der Waals surface area (Å²) >= 11 is 0. The smallest absolute Gasteiger partial charge is 0.357 e. The van der Waals surface area contributed by atoms with Crippen LogP contribution in [0.2, 0.25) is 0 Å². The third-order valence-electron chi connectivity index (χ3n) is 3.11. The van der Waals surface area contributed by atoms with Crippen LogP contribution in [0.3, 0.4) is 0 Å². The number of nitrogen functional groups attached to an aromatic ring is 1. The van der Waals surface area contributed by atoms with Crippen LogP contribution in [0.25, 0.3) is 0 Å². The second-order valence-electron chi connectivity index (χ2n) is 4.67. The maximum Gasteiger partial charge on any atom is 0.357 e. The van der Waals surface area contributed by atoms with Crippen molar-refractivity contribution in [1.29, 1.82) is 0 Å². The number of carboxylic acid groups (broad SMARTS) is 1. The number of carbonyl (C=O) groups is 2. The number of H-pyrrole nitrogens is 1. The first-order chi connectivity index (χ1) is 10.4. The van der Waals surface area contributed by atoms with E-state index in [9.17, 15) is 18.4 Å². The molecule has 0 radical (unpaired) electrons. The summed E-state index contributed by atoms with van der Waals surface area (Å²) in [6.07, 6.45) is 1.90. The molecule has 1 aromatic carbocycles. The van der Waals surface area contributed by atoms with Gasteiger partial charge in [0.15, 0.2) is 11.5 Å². The number of halogens is 2. The molecule has 0 unspecified atom stereocenters. The van der Waals surface area contributed by atoms with Crippen molar-refractivity contribution in [2.45, 2.75) is 19.3 Å². The Morgan fingerprint density at radius 2 is 2.05 bits per heavy atom. The Labute approximate surface area is 123 Å². The number of hydrogen-bond acceptors (Lipinski definition) is 4. The number of aromatic amines is 1. The lowest BCUT2D eigenvalue weighted by molar-refractivity contribution is 0.0685. The van der Waals surface area contributed by atoms with E-state index in [4.69, 9.17) is 10.8 Å². The van der Waals surface area contributed by atoms with Crippen LogP contribution < -0.4 is 5.73 Å². The maximum absolute atomic E-state index is 12.2. The van der Waals surface area contributed by atoms with Gasteiger partial charge in [-0.1, -0.05) is 0 Å². The summed E-state index contributed by atoms with van der Waals surface area (Å²) in [5, 5.41) is 14.9. The summed E-state index contributed by atoms with van der Waals surface area (Å²) in [5.74, 6) is -2.37. The zero-order valence-corrected chi connectivity index (χ0v) is 11.4. The third kappa shape index (κ3) is 3.27. The van der Waals surface area contributed by atoms with Crippen molar-refractivity contribution < 1.29 is 23.5 Å². The van der Waals surface area contributed by atoms with Crippen LogP contribution in [-0.2, 0) is 6.42 Å². The molecule has 116 valence electrons. The predicted octanol–water partition coefficient (Wildman–Crippen LogP) is 2.17. The normalized spacial score (nSPS) is 13.1. The SMILES string of the molecule is Nc1cc(F)ccc1F.O=C(O)c1n[nH]c2c1C(=O)CCC2.